The Kier molecular flexibility index (Phi) is 5.25. The quantitative estimate of drug-likeness (QED) is 0.613. The van der Waals surface area contributed by atoms with Crippen molar-refractivity contribution in [1.82, 2.24) is 9.97 Å². The van der Waals surface area contributed by atoms with E-state index in [9.17, 15) is 4.79 Å². The number of piperidine rings is 1. The van der Waals surface area contributed by atoms with Crippen LogP contribution in [0.4, 0.5) is 11.5 Å². The van der Waals surface area contributed by atoms with Crippen LogP contribution < -0.4 is 10.2 Å². The van der Waals surface area contributed by atoms with E-state index >= 15 is 0 Å². The van der Waals surface area contributed by atoms with E-state index in [2.05, 4.69) is 15.2 Å². The molecule has 0 bridgehead atoms. The highest BCUT2D eigenvalue weighted by Crippen LogP contribution is 2.37. The van der Waals surface area contributed by atoms with Crippen molar-refractivity contribution >= 4 is 50.6 Å². The number of carbonyl (C=O) groups excluding carboxylic acids is 1. The standard InChI is InChI=1S/C21H23ClN4OS/c1-12-7-8-15(22)11-16(12)25-20(27)18-13(2)17-19(26-9-5-4-6-10-26)23-14(3)24-21(17)28-18/h7-8,11H,4-6,9-10H2,1-3H3,(H,25,27). The predicted octanol–water partition coefficient (Wildman–Crippen LogP) is 5.51. The summed E-state index contributed by atoms with van der Waals surface area (Å²) < 4.78 is 0. The zero-order valence-electron chi connectivity index (χ0n) is 16.3. The fourth-order valence-electron chi connectivity index (χ4n) is 3.68. The molecule has 0 aliphatic carbocycles. The van der Waals surface area contributed by atoms with Crippen molar-refractivity contribution in [1.29, 1.82) is 0 Å². The van der Waals surface area contributed by atoms with Gasteiger partial charge in [-0.1, -0.05) is 17.7 Å². The third-order valence-corrected chi connectivity index (χ3v) is 6.61. The summed E-state index contributed by atoms with van der Waals surface area (Å²) in [5.41, 5.74) is 2.65. The number of hydrogen-bond acceptors (Lipinski definition) is 5. The Morgan fingerprint density at radius 3 is 2.64 bits per heavy atom. The Labute approximate surface area is 173 Å². The second kappa shape index (κ2) is 7.68. The lowest BCUT2D eigenvalue weighted by Gasteiger charge is -2.28. The van der Waals surface area contributed by atoms with Gasteiger partial charge in [0.1, 0.15) is 16.5 Å². The van der Waals surface area contributed by atoms with E-state index in [1.54, 1.807) is 6.07 Å². The fourth-order valence-corrected chi connectivity index (χ4v) is 4.97. The minimum Gasteiger partial charge on any atom is -0.356 e. The molecule has 1 fully saturated rings. The largest absolute Gasteiger partial charge is 0.356 e. The van der Waals surface area contributed by atoms with Crippen LogP contribution in [-0.2, 0) is 0 Å². The van der Waals surface area contributed by atoms with Crippen LogP contribution in [0.15, 0.2) is 18.2 Å². The molecule has 0 saturated carbocycles. The zero-order valence-corrected chi connectivity index (χ0v) is 17.9. The van der Waals surface area contributed by atoms with Gasteiger partial charge in [-0.2, -0.15) is 0 Å². The number of amides is 1. The van der Waals surface area contributed by atoms with Crippen LogP contribution in [0, 0.1) is 20.8 Å². The molecule has 1 aliphatic heterocycles. The lowest BCUT2D eigenvalue weighted by Crippen LogP contribution is -2.30. The first-order valence-corrected chi connectivity index (χ1v) is 10.7. The Bertz CT molecular complexity index is 1060. The molecule has 0 unspecified atom stereocenters. The second-order valence-electron chi connectivity index (χ2n) is 7.29. The third-order valence-electron chi connectivity index (χ3n) is 5.19. The number of anilines is 2. The van der Waals surface area contributed by atoms with Gasteiger partial charge in [0.2, 0.25) is 0 Å². The molecule has 4 rings (SSSR count). The summed E-state index contributed by atoms with van der Waals surface area (Å²) >= 11 is 7.52. The molecule has 3 heterocycles. The average Bonchev–Trinajstić information content (AvgIpc) is 3.01. The van der Waals surface area contributed by atoms with Gasteiger partial charge < -0.3 is 10.2 Å². The summed E-state index contributed by atoms with van der Waals surface area (Å²) in [7, 11) is 0. The van der Waals surface area contributed by atoms with Crippen molar-refractivity contribution in [3.8, 4) is 0 Å². The minimum atomic E-state index is -0.131. The summed E-state index contributed by atoms with van der Waals surface area (Å²) in [6.07, 6.45) is 3.61. The van der Waals surface area contributed by atoms with Gasteiger partial charge in [-0.15, -0.1) is 11.3 Å². The van der Waals surface area contributed by atoms with Crippen molar-refractivity contribution in [2.45, 2.75) is 40.0 Å². The summed E-state index contributed by atoms with van der Waals surface area (Å²) in [4.78, 5) is 26.3. The summed E-state index contributed by atoms with van der Waals surface area (Å²) in [5, 5.41) is 4.61. The number of nitrogens with one attached hydrogen (secondary N) is 1. The molecule has 1 amide bonds. The van der Waals surface area contributed by atoms with Gasteiger partial charge in [0.05, 0.1) is 10.3 Å². The summed E-state index contributed by atoms with van der Waals surface area (Å²) in [5.74, 6) is 1.58. The van der Waals surface area contributed by atoms with Crippen molar-refractivity contribution in [3.63, 3.8) is 0 Å². The number of thiophene rings is 1. The maximum Gasteiger partial charge on any atom is 0.266 e. The number of halogens is 1. The van der Waals surface area contributed by atoms with E-state index < -0.39 is 0 Å². The van der Waals surface area contributed by atoms with Gasteiger partial charge >= 0.3 is 0 Å². The lowest BCUT2D eigenvalue weighted by molar-refractivity contribution is 0.103. The van der Waals surface area contributed by atoms with Crippen LogP contribution in [0.5, 0.6) is 0 Å². The molecule has 0 radical (unpaired) electrons. The predicted molar refractivity (Wildman–Crippen MR) is 117 cm³/mol. The van der Waals surface area contributed by atoms with E-state index in [1.165, 1.54) is 30.6 Å². The molecule has 1 saturated heterocycles. The molecule has 0 atom stereocenters. The Balaban J connectivity index is 1.75. The molecular weight excluding hydrogens is 392 g/mol. The molecule has 2 aromatic heterocycles. The molecule has 0 spiro atoms. The smallest absolute Gasteiger partial charge is 0.266 e. The second-order valence-corrected chi connectivity index (χ2v) is 8.73. The van der Waals surface area contributed by atoms with Gasteiger partial charge in [-0.3, -0.25) is 4.79 Å². The normalized spacial score (nSPS) is 14.5. The molecule has 1 N–H and O–H groups in total. The minimum absolute atomic E-state index is 0.131. The van der Waals surface area contributed by atoms with Crippen molar-refractivity contribution < 1.29 is 4.79 Å². The molecule has 1 aliphatic rings. The van der Waals surface area contributed by atoms with Crippen LogP contribution in [-0.4, -0.2) is 29.0 Å². The van der Waals surface area contributed by atoms with Crippen LogP contribution in [0.25, 0.3) is 10.2 Å². The summed E-state index contributed by atoms with van der Waals surface area (Å²) in [6, 6.07) is 5.50. The molecule has 1 aromatic carbocycles. The highest BCUT2D eigenvalue weighted by molar-refractivity contribution is 7.20. The number of rotatable bonds is 3. The number of aryl methyl sites for hydroxylation is 3. The van der Waals surface area contributed by atoms with Crippen molar-refractivity contribution in [3.05, 3.63) is 45.1 Å². The van der Waals surface area contributed by atoms with Gasteiger partial charge in [0, 0.05) is 23.8 Å². The molecule has 5 nitrogen and oxygen atoms in total. The van der Waals surface area contributed by atoms with E-state index in [-0.39, 0.29) is 5.91 Å². The molecule has 28 heavy (non-hydrogen) atoms. The monoisotopic (exact) mass is 414 g/mol. The first-order valence-electron chi connectivity index (χ1n) is 9.54. The molecule has 7 heteroatoms. The van der Waals surface area contributed by atoms with E-state index in [4.69, 9.17) is 16.6 Å². The molecule has 146 valence electrons. The van der Waals surface area contributed by atoms with Crippen LogP contribution in [0.2, 0.25) is 5.02 Å². The Hall–Kier alpha value is -2.18. The van der Waals surface area contributed by atoms with Gasteiger partial charge in [-0.25, -0.2) is 9.97 Å². The number of hydrogen-bond donors (Lipinski definition) is 1. The van der Waals surface area contributed by atoms with Crippen LogP contribution in [0.1, 0.15) is 45.9 Å². The van der Waals surface area contributed by atoms with Crippen molar-refractivity contribution in [2.75, 3.05) is 23.3 Å². The Morgan fingerprint density at radius 2 is 1.89 bits per heavy atom. The first-order chi connectivity index (χ1) is 13.4. The van der Waals surface area contributed by atoms with Gasteiger partial charge in [0.25, 0.3) is 5.91 Å². The fraction of sp³-hybridized carbons (Fsp3) is 0.381. The number of nitrogens with zero attached hydrogens (tertiary/aromatic N) is 3. The molecule has 3 aromatic rings. The molecular formula is C21H23ClN4OS. The SMILES string of the molecule is Cc1nc(N2CCCCC2)c2c(C)c(C(=O)Nc3cc(Cl)ccc3C)sc2n1. The van der Waals surface area contributed by atoms with Crippen molar-refractivity contribution in [2.24, 2.45) is 0 Å². The third kappa shape index (κ3) is 3.59. The maximum atomic E-state index is 13.0. The van der Waals surface area contributed by atoms with Gasteiger partial charge in [0.15, 0.2) is 0 Å². The number of benzene rings is 1. The first kappa shape index (κ1) is 19.2. The highest BCUT2D eigenvalue weighted by Gasteiger charge is 2.24. The number of carbonyl (C=O) groups is 1. The van der Waals surface area contributed by atoms with Crippen LogP contribution >= 0.6 is 22.9 Å². The summed E-state index contributed by atoms with van der Waals surface area (Å²) in [6.45, 7) is 7.86. The highest BCUT2D eigenvalue weighted by atomic mass is 35.5. The topological polar surface area (TPSA) is 58.1 Å². The zero-order chi connectivity index (χ0) is 19.8. The number of aromatic nitrogens is 2. The van der Waals surface area contributed by atoms with Gasteiger partial charge in [-0.05, 0) is 63.3 Å². The average molecular weight is 415 g/mol. The van der Waals surface area contributed by atoms with E-state index in [0.717, 1.165) is 51.8 Å². The van der Waals surface area contributed by atoms with E-state index in [0.29, 0.717) is 9.90 Å². The lowest BCUT2D eigenvalue weighted by atomic mass is 10.1. The van der Waals surface area contributed by atoms with E-state index in [1.807, 2.05) is 32.9 Å². The van der Waals surface area contributed by atoms with Crippen LogP contribution in [0.3, 0.4) is 0 Å². The Morgan fingerprint density at radius 1 is 1.14 bits per heavy atom. The maximum absolute atomic E-state index is 13.0. The number of fused-ring (bicyclic) bond motifs is 1.